The number of anilines is 1. The van der Waals surface area contributed by atoms with Crippen LogP contribution in [0, 0.1) is 5.92 Å². The first-order valence-electron chi connectivity index (χ1n) is 8.08. The molecule has 0 radical (unpaired) electrons. The lowest BCUT2D eigenvalue weighted by Crippen LogP contribution is -2.33. The minimum absolute atomic E-state index is 0.000547. The van der Waals surface area contributed by atoms with E-state index in [1.165, 1.54) is 0 Å². The number of carbonyl (C=O) groups is 2. The molecule has 2 aromatic rings. The summed E-state index contributed by atoms with van der Waals surface area (Å²) < 4.78 is 3.01. The van der Waals surface area contributed by atoms with Crippen LogP contribution in [0.5, 0.6) is 0 Å². The SMILES string of the molecule is O=C(NCCCn1cccc1)C1CC(=O)N(c2cccc(Br)c2)C1. The molecule has 1 fully saturated rings. The molecular formula is C18H20BrN3O2. The second kappa shape index (κ2) is 7.66. The number of nitrogens with zero attached hydrogens (tertiary/aromatic N) is 2. The van der Waals surface area contributed by atoms with Crippen molar-refractivity contribution in [3.8, 4) is 0 Å². The van der Waals surface area contributed by atoms with Gasteiger partial charge >= 0.3 is 0 Å². The largest absolute Gasteiger partial charge is 0.356 e. The first-order chi connectivity index (χ1) is 11.6. The Morgan fingerprint density at radius 1 is 1.25 bits per heavy atom. The molecule has 5 nitrogen and oxygen atoms in total. The highest BCUT2D eigenvalue weighted by atomic mass is 79.9. The summed E-state index contributed by atoms with van der Waals surface area (Å²) >= 11 is 3.41. The van der Waals surface area contributed by atoms with Crippen molar-refractivity contribution in [3.63, 3.8) is 0 Å². The fraction of sp³-hybridized carbons (Fsp3) is 0.333. The number of halogens is 1. The average molecular weight is 390 g/mol. The molecule has 126 valence electrons. The molecular weight excluding hydrogens is 370 g/mol. The van der Waals surface area contributed by atoms with Gasteiger partial charge in [-0.1, -0.05) is 22.0 Å². The van der Waals surface area contributed by atoms with E-state index in [4.69, 9.17) is 0 Å². The molecule has 0 aliphatic carbocycles. The Balaban J connectivity index is 1.48. The maximum absolute atomic E-state index is 12.3. The van der Waals surface area contributed by atoms with Crippen molar-refractivity contribution in [2.24, 2.45) is 5.92 Å². The van der Waals surface area contributed by atoms with E-state index >= 15 is 0 Å². The molecule has 6 heteroatoms. The van der Waals surface area contributed by atoms with Crippen LogP contribution in [0.25, 0.3) is 0 Å². The minimum atomic E-state index is -0.275. The minimum Gasteiger partial charge on any atom is -0.356 e. The highest BCUT2D eigenvalue weighted by Gasteiger charge is 2.34. The van der Waals surface area contributed by atoms with E-state index in [-0.39, 0.29) is 24.2 Å². The first-order valence-corrected chi connectivity index (χ1v) is 8.87. The summed E-state index contributed by atoms with van der Waals surface area (Å²) in [6.07, 6.45) is 5.16. The van der Waals surface area contributed by atoms with Crippen LogP contribution in [0.1, 0.15) is 12.8 Å². The van der Waals surface area contributed by atoms with E-state index in [2.05, 4.69) is 25.8 Å². The lowest BCUT2D eigenvalue weighted by Gasteiger charge is -2.17. The third-order valence-electron chi connectivity index (χ3n) is 4.17. The number of carbonyl (C=O) groups excluding carboxylic acids is 2. The van der Waals surface area contributed by atoms with Crippen LogP contribution < -0.4 is 10.2 Å². The highest BCUT2D eigenvalue weighted by molar-refractivity contribution is 9.10. The maximum Gasteiger partial charge on any atom is 0.227 e. The summed E-state index contributed by atoms with van der Waals surface area (Å²) in [5.74, 6) is -0.308. The lowest BCUT2D eigenvalue weighted by atomic mass is 10.1. The molecule has 0 saturated carbocycles. The van der Waals surface area contributed by atoms with Crippen molar-refractivity contribution in [1.29, 1.82) is 0 Å². The van der Waals surface area contributed by atoms with Gasteiger partial charge in [0.1, 0.15) is 0 Å². The van der Waals surface area contributed by atoms with Crippen LogP contribution >= 0.6 is 15.9 Å². The number of aromatic nitrogens is 1. The molecule has 2 amide bonds. The Hall–Kier alpha value is -2.08. The van der Waals surface area contributed by atoms with Crippen molar-refractivity contribution in [2.75, 3.05) is 18.0 Å². The first kappa shape index (κ1) is 16.8. The van der Waals surface area contributed by atoms with E-state index in [0.717, 1.165) is 23.1 Å². The van der Waals surface area contributed by atoms with Crippen molar-refractivity contribution in [2.45, 2.75) is 19.4 Å². The van der Waals surface area contributed by atoms with Crippen LogP contribution in [0.2, 0.25) is 0 Å². The van der Waals surface area contributed by atoms with Gasteiger partial charge in [0, 0.05) is 48.6 Å². The average Bonchev–Trinajstić information content (AvgIpc) is 3.21. The van der Waals surface area contributed by atoms with E-state index in [0.29, 0.717) is 13.1 Å². The number of aryl methyl sites for hydroxylation is 1. The smallest absolute Gasteiger partial charge is 0.227 e. The van der Waals surface area contributed by atoms with E-state index in [1.807, 2.05) is 48.8 Å². The Bertz CT molecular complexity index is 715. The van der Waals surface area contributed by atoms with E-state index in [9.17, 15) is 9.59 Å². The van der Waals surface area contributed by atoms with Gasteiger partial charge in [0.2, 0.25) is 11.8 Å². The second-order valence-electron chi connectivity index (χ2n) is 5.95. The van der Waals surface area contributed by atoms with Crippen LogP contribution in [0.4, 0.5) is 5.69 Å². The molecule has 1 unspecified atom stereocenters. The fourth-order valence-electron chi connectivity index (χ4n) is 2.91. The van der Waals surface area contributed by atoms with Gasteiger partial charge in [-0.2, -0.15) is 0 Å². The zero-order valence-corrected chi connectivity index (χ0v) is 14.9. The molecule has 1 atom stereocenters. The number of benzene rings is 1. The van der Waals surface area contributed by atoms with Gasteiger partial charge in [0.05, 0.1) is 5.92 Å². The van der Waals surface area contributed by atoms with E-state index in [1.54, 1.807) is 4.90 Å². The molecule has 1 aliphatic rings. The normalized spacial score (nSPS) is 17.3. The molecule has 3 rings (SSSR count). The summed E-state index contributed by atoms with van der Waals surface area (Å²) in [5, 5.41) is 2.95. The van der Waals surface area contributed by atoms with Gasteiger partial charge in [-0.3, -0.25) is 9.59 Å². The zero-order valence-electron chi connectivity index (χ0n) is 13.3. The Morgan fingerprint density at radius 3 is 2.79 bits per heavy atom. The third-order valence-corrected chi connectivity index (χ3v) is 4.67. The highest BCUT2D eigenvalue weighted by Crippen LogP contribution is 2.27. The Morgan fingerprint density at radius 2 is 2.04 bits per heavy atom. The van der Waals surface area contributed by atoms with Gasteiger partial charge < -0.3 is 14.8 Å². The standard InChI is InChI=1S/C18H20BrN3O2/c19-15-5-3-6-16(12-15)22-13-14(11-17(22)23)18(24)20-7-4-10-21-8-1-2-9-21/h1-3,5-6,8-9,12,14H,4,7,10-11,13H2,(H,20,24). The van der Waals surface area contributed by atoms with Crippen molar-refractivity contribution in [3.05, 3.63) is 53.3 Å². The van der Waals surface area contributed by atoms with Crippen molar-refractivity contribution in [1.82, 2.24) is 9.88 Å². The number of nitrogens with one attached hydrogen (secondary N) is 1. The zero-order chi connectivity index (χ0) is 16.9. The molecule has 24 heavy (non-hydrogen) atoms. The molecule has 1 N–H and O–H groups in total. The van der Waals surface area contributed by atoms with Gasteiger partial charge in [-0.15, -0.1) is 0 Å². The predicted molar refractivity (Wildman–Crippen MR) is 96.7 cm³/mol. The number of rotatable bonds is 6. The number of hydrogen-bond donors (Lipinski definition) is 1. The second-order valence-corrected chi connectivity index (χ2v) is 6.87. The Labute approximate surface area is 149 Å². The van der Waals surface area contributed by atoms with Crippen molar-refractivity contribution < 1.29 is 9.59 Å². The summed E-state index contributed by atoms with van der Waals surface area (Å²) in [5.41, 5.74) is 0.831. The van der Waals surface area contributed by atoms with Gasteiger partial charge in [0.25, 0.3) is 0 Å². The molecule has 0 bridgehead atoms. The summed E-state index contributed by atoms with van der Waals surface area (Å²) in [4.78, 5) is 26.2. The molecule has 1 saturated heterocycles. The third kappa shape index (κ3) is 4.06. The number of amides is 2. The van der Waals surface area contributed by atoms with Crippen LogP contribution in [-0.4, -0.2) is 29.5 Å². The van der Waals surface area contributed by atoms with Crippen LogP contribution in [0.15, 0.2) is 53.3 Å². The lowest BCUT2D eigenvalue weighted by molar-refractivity contribution is -0.126. The molecule has 1 aromatic heterocycles. The number of hydrogen-bond acceptors (Lipinski definition) is 2. The molecule has 1 aliphatic heterocycles. The quantitative estimate of drug-likeness (QED) is 0.772. The summed E-state index contributed by atoms with van der Waals surface area (Å²) in [6, 6.07) is 11.6. The monoisotopic (exact) mass is 389 g/mol. The van der Waals surface area contributed by atoms with Crippen LogP contribution in [-0.2, 0) is 16.1 Å². The molecule has 0 spiro atoms. The molecule has 1 aromatic carbocycles. The van der Waals surface area contributed by atoms with Gasteiger partial charge in [0.15, 0.2) is 0 Å². The van der Waals surface area contributed by atoms with Gasteiger partial charge in [-0.25, -0.2) is 0 Å². The summed E-state index contributed by atoms with van der Waals surface area (Å²) in [7, 11) is 0. The van der Waals surface area contributed by atoms with Gasteiger partial charge in [-0.05, 0) is 36.8 Å². The Kier molecular flexibility index (Phi) is 5.35. The maximum atomic E-state index is 12.3. The molecule has 2 heterocycles. The fourth-order valence-corrected chi connectivity index (χ4v) is 3.30. The predicted octanol–water partition coefficient (Wildman–Crippen LogP) is 2.81. The summed E-state index contributed by atoms with van der Waals surface area (Å²) in [6.45, 7) is 1.94. The topological polar surface area (TPSA) is 54.3 Å². The van der Waals surface area contributed by atoms with Crippen molar-refractivity contribution >= 4 is 33.4 Å². The van der Waals surface area contributed by atoms with Crippen LogP contribution in [0.3, 0.4) is 0 Å². The van der Waals surface area contributed by atoms with E-state index < -0.39 is 0 Å².